The predicted octanol–water partition coefficient (Wildman–Crippen LogP) is 3.80. The SMILES string of the molecule is C=CC(C)(C)[C@@H](NC(=O)OC(C)(C)C)C(=O)OCC(=O)c1cc(F)ccc1F. The first-order chi connectivity index (χ1) is 12.8. The molecule has 0 radical (unpaired) electrons. The van der Waals surface area contributed by atoms with Crippen molar-refractivity contribution < 1.29 is 32.6 Å². The molecule has 0 unspecified atom stereocenters. The van der Waals surface area contributed by atoms with Crippen molar-refractivity contribution >= 4 is 17.8 Å². The van der Waals surface area contributed by atoms with Gasteiger partial charge in [0.25, 0.3) is 0 Å². The van der Waals surface area contributed by atoms with Crippen molar-refractivity contribution in [1.29, 1.82) is 0 Å². The fourth-order valence-corrected chi connectivity index (χ4v) is 2.10. The summed E-state index contributed by atoms with van der Waals surface area (Å²) in [7, 11) is 0. The molecule has 6 nitrogen and oxygen atoms in total. The quantitative estimate of drug-likeness (QED) is 0.430. The molecule has 154 valence electrons. The topological polar surface area (TPSA) is 81.7 Å². The molecule has 0 spiro atoms. The first-order valence-corrected chi connectivity index (χ1v) is 8.55. The van der Waals surface area contributed by atoms with Crippen LogP contribution in [0.25, 0.3) is 0 Å². The van der Waals surface area contributed by atoms with Crippen LogP contribution in [0.3, 0.4) is 0 Å². The molecule has 8 heteroatoms. The Morgan fingerprint density at radius 2 is 1.79 bits per heavy atom. The Bertz CT molecular complexity index is 768. The number of halogens is 2. The second-order valence-corrected chi connectivity index (χ2v) is 7.76. The molecule has 0 aliphatic heterocycles. The molecule has 0 fully saturated rings. The molecule has 1 N–H and O–H groups in total. The van der Waals surface area contributed by atoms with Crippen molar-refractivity contribution in [2.24, 2.45) is 5.41 Å². The van der Waals surface area contributed by atoms with Gasteiger partial charge in [-0.1, -0.05) is 19.9 Å². The summed E-state index contributed by atoms with van der Waals surface area (Å²) in [5.74, 6) is -3.59. The van der Waals surface area contributed by atoms with E-state index in [-0.39, 0.29) is 0 Å². The highest BCUT2D eigenvalue weighted by molar-refractivity contribution is 5.98. The first-order valence-electron chi connectivity index (χ1n) is 8.55. The Morgan fingerprint density at radius 1 is 1.18 bits per heavy atom. The molecule has 0 aromatic heterocycles. The number of rotatable bonds is 7. The summed E-state index contributed by atoms with van der Waals surface area (Å²) in [6, 6.07) is 1.17. The van der Waals surface area contributed by atoms with E-state index >= 15 is 0 Å². The van der Waals surface area contributed by atoms with Gasteiger partial charge in [0.15, 0.2) is 6.61 Å². The zero-order valence-corrected chi connectivity index (χ0v) is 16.6. The maximum absolute atomic E-state index is 13.7. The molecule has 1 aromatic carbocycles. The minimum absolute atomic E-state index is 0.535. The maximum Gasteiger partial charge on any atom is 0.408 e. The van der Waals surface area contributed by atoms with Crippen LogP contribution in [0.15, 0.2) is 30.9 Å². The number of ether oxygens (including phenoxy) is 2. The summed E-state index contributed by atoms with van der Waals surface area (Å²) in [4.78, 5) is 36.6. The average Bonchev–Trinajstić information content (AvgIpc) is 2.57. The van der Waals surface area contributed by atoms with Crippen molar-refractivity contribution in [3.8, 4) is 0 Å². The van der Waals surface area contributed by atoms with E-state index in [1.54, 1.807) is 34.6 Å². The fourth-order valence-electron chi connectivity index (χ4n) is 2.10. The fraction of sp³-hybridized carbons (Fsp3) is 0.450. The van der Waals surface area contributed by atoms with E-state index in [0.29, 0.717) is 0 Å². The lowest BCUT2D eigenvalue weighted by molar-refractivity contribution is -0.147. The van der Waals surface area contributed by atoms with E-state index in [2.05, 4.69) is 11.9 Å². The highest BCUT2D eigenvalue weighted by Gasteiger charge is 2.37. The van der Waals surface area contributed by atoms with E-state index in [1.165, 1.54) is 6.08 Å². The third-order valence-corrected chi connectivity index (χ3v) is 3.74. The van der Waals surface area contributed by atoms with Crippen LogP contribution in [0, 0.1) is 17.0 Å². The van der Waals surface area contributed by atoms with Gasteiger partial charge in [0.05, 0.1) is 5.56 Å². The lowest BCUT2D eigenvalue weighted by atomic mass is 9.84. The average molecular weight is 397 g/mol. The van der Waals surface area contributed by atoms with Crippen LogP contribution >= 0.6 is 0 Å². The summed E-state index contributed by atoms with van der Waals surface area (Å²) in [5.41, 5.74) is -2.27. The molecule has 0 saturated heterocycles. The number of ketones is 1. The van der Waals surface area contributed by atoms with Crippen LogP contribution in [-0.4, -0.2) is 36.1 Å². The number of nitrogens with one attached hydrogen (secondary N) is 1. The summed E-state index contributed by atoms with van der Waals surface area (Å²) in [6.07, 6.45) is 0.580. The molecular formula is C20H25F2NO5. The van der Waals surface area contributed by atoms with E-state index in [1.807, 2.05) is 0 Å². The summed E-state index contributed by atoms with van der Waals surface area (Å²) < 4.78 is 36.9. The Balaban J connectivity index is 2.89. The van der Waals surface area contributed by atoms with Gasteiger partial charge in [0.1, 0.15) is 23.3 Å². The van der Waals surface area contributed by atoms with Gasteiger partial charge in [-0.3, -0.25) is 4.79 Å². The highest BCUT2D eigenvalue weighted by Crippen LogP contribution is 2.24. The van der Waals surface area contributed by atoms with E-state index in [0.717, 1.165) is 18.2 Å². The normalized spacial score (nSPS) is 12.7. The van der Waals surface area contributed by atoms with Crippen LogP contribution in [-0.2, 0) is 14.3 Å². The molecule has 1 atom stereocenters. The minimum Gasteiger partial charge on any atom is -0.456 e. The zero-order valence-electron chi connectivity index (χ0n) is 16.6. The Hall–Kier alpha value is -2.77. The Labute approximate surface area is 162 Å². The van der Waals surface area contributed by atoms with Crippen molar-refractivity contribution in [3.05, 3.63) is 48.1 Å². The van der Waals surface area contributed by atoms with E-state index < -0.39 is 58.7 Å². The van der Waals surface area contributed by atoms with Gasteiger partial charge < -0.3 is 14.8 Å². The smallest absolute Gasteiger partial charge is 0.408 e. The summed E-state index contributed by atoms with van der Waals surface area (Å²) >= 11 is 0. The zero-order chi connectivity index (χ0) is 21.7. The lowest BCUT2D eigenvalue weighted by Gasteiger charge is -2.31. The predicted molar refractivity (Wildman–Crippen MR) is 98.8 cm³/mol. The van der Waals surface area contributed by atoms with Crippen LogP contribution in [0.4, 0.5) is 13.6 Å². The van der Waals surface area contributed by atoms with E-state index in [4.69, 9.17) is 9.47 Å². The van der Waals surface area contributed by atoms with Gasteiger partial charge in [0.2, 0.25) is 5.78 Å². The number of esters is 1. The molecular weight excluding hydrogens is 372 g/mol. The molecule has 0 aliphatic carbocycles. The van der Waals surface area contributed by atoms with Gasteiger partial charge in [-0.25, -0.2) is 18.4 Å². The molecule has 0 aliphatic rings. The molecule has 1 amide bonds. The third kappa shape index (κ3) is 6.75. The minimum atomic E-state index is -1.22. The van der Waals surface area contributed by atoms with Gasteiger partial charge in [-0.15, -0.1) is 6.58 Å². The molecule has 1 rings (SSSR count). The van der Waals surface area contributed by atoms with Crippen molar-refractivity contribution in [3.63, 3.8) is 0 Å². The van der Waals surface area contributed by atoms with Gasteiger partial charge in [-0.2, -0.15) is 0 Å². The Morgan fingerprint density at radius 3 is 2.32 bits per heavy atom. The standard InChI is InChI=1S/C20H25F2NO5/c1-7-20(5,6)16(23-18(26)28-19(2,3)4)17(25)27-11-15(24)13-10-12(21)8-9-14(13)22/h7-10,16H,1,11H2,2-6H3,(H,23,26)/t16-/m0/s1. The Kier molecular flexibility index (Phi) is 7.43. The molecule has 0 heterocycles. The van der Waals surface area contributed by atoms with Crippen LogP contribution < -0.4 is 5.32 Å². The van der Waals surface area contributed by atoms with Gasteiger partial charge >= 0.3 is 12.1 Å². The molecule has 1 aromatic rings. The van der Waals surface area contributed by atoms with Crippen LogP contribution in [0.1, 0.15) is 45.0 Å². The second-order valence-electron chi connectivity index (χ2n) is 7.76. The maximum atomic E-state index is 13.7. The number of benzene rings is 1. The van der Waals surface area contributed by atoms with Gasteiger partial charge in [-0.05, 0) is 39.0 Å². The van der Waals surface area contributed by atoms with Gasteiger partial charge in [0, 0.05) is 5.41 Å². The van der Waals surface area contributed by atoms with Crippen molar-refractivity contribution in [2.75, 3.05) is 6.61 Å². The monoisotopic (exact) mass is 397 g/mol. The van der Waals surface area contributed by atoms with Crippen molar-refractivity contribution in [1.82, 2.24) is 5.32 Å². The van der Waals surface area contributed by atoms with Crippen molar-refractivity contribution in [2.45, 2.75) is 46.3 Å². The van der Waals surface area contributed by atoms with Crippen LogP contribution in [0.5, 0.6) is 0 Å². The number of amides is 1. The number of carbonyl (C=O) groups excluding carboxylic acids is 3. The molecule has 0 saturated carbocycles. The highest BCUT2D eigenvalue weighted by atomic mass is 19.1. The first kappa shape index (κ1) is 23.3. The lowest BCUT2D eigenvalue weighted by Crippen LogP contribution is -2.51. The third-order valence-electron chi connectivity index (χ3n) is 3.74. The number of Topliss-reactive ketones (excluding diaryl/α,β-unsaturated/α-hetero) is 1. The number of hydrogen-bond donors (Lipinski definition) is 1. The second kappa shape index (κ2) is 8.95. The van der Waals surface area contributed by atoms with E-state index in [9.17, 15) is 23.2 Å². The molecule has 28 heavy (non-hydrogen) atoms. The van der Waals surface area contributed by atoms with Crippen LogP contribution in [0.2, 0.25) is 0 Å². The summed E-state index contributed by atoms with van der Waals surface area (Å²) in [5, 5.41) is 2.40. The largest absolute Gasteiger partial charge is 0.456 e. The number of alkyl carbamates (subject to hydrolysis) is 1. The number of carbonyl (C=O) groups is 3. The number of hydrogen-bond acceptors (Lipinski definition) is 5. The molecule has 0 bridgehead atoms. The summed E-state index contributed by atoms with van der Waals surface area (Å²) in [6.45, 7) is 11.0.